The van der Waals surface area contributed by atoms with Crippen LogP contribution in [-0.2, 0) is 6.54 Å². The van der Waals surface area contributed by atoms with Gasteiger partial charge in [-0.1, -0.05) is 48.9 Å². The summed E-state index contributed by atoms with van der Waals surface area (Å²) in [4.78, 5) is 21.8. The Bertz CT molecular complexity index is 986. The number of fused-ring (bicyclic) bond motifs is 1. The van der Waals surface area contributed by atoms with Gasteiger partial charge in [-0.25, -0.2) is 0 Å². The highest BCUT2D eigenvalue weighted by atomic mass is 16.1. The highest BCUT2D eigenvalue weighted by Crippen LogP contribution is 2.24. The zero-order chi connectivity index (χ0) is 18.8. The minimum Gasteiger partial charge on any atom is -0.354 e. The Morgan fingerprint density at radius 2 is 1.67 bits per heavy atom. The molecular formula is C23H27N3O. The monoisotopic (exact) mass is 361 g/mol. The van der Waals surface area contributed by atoms with Crippen molar-refractivity contribution in [3.63, 3.8) is 0 Å². The van der Waals surface area contributed by atoms with Gasteiger partial charge in [0, 0.05) is 49.2 Å². The van der Waals surface area contributed by atoms with Crippen LogP contribution in [0.2, 0.25) is 0 Å². The maximum atomic E-state index is 13.4. The first-order valence-corrected chi connectivity index (χ1v) is 9.81. The molecule has 0 unspecified atom stereocenters. The molecule has 1 aliphatic rings. The van der Waals surface area contributed by atoms with Crippen LogP contribution in [0.5, 0.6) is 0 Å². The molecule has 1 aliphatic heterocycles. The third-order valence-electron chi connectivity index (χ3n) is 5.61. The smallest absolute Gasteiger partial charge is 0.194 e. The second kappa shape index (κ2) is 7.67. The van der Waals surface area contributed by atoms with Crippen LogP contribution in [-0.4, -0.2) is 47.5 Å². The predicted octanol–water partition coefficient (Wildman–Crippen LogP) is 3.64. The van der Waals surface area contributed by atoms with Crippen LogP contribution in [0.15, 0.2) is 53.3 Å². The number of aryl methyl sites for hydroxylation is 1. The average molecular weight is 361 g/mol. The number of aromatic amines is 1. The number of H-pyrrole nitrogens is 1. The summed E-state index contributed by atoms with van der Waals surface area (Å²) in [5.74, 6) is 0. The normalized spacial score (nSPS) is 16.1. The average Bonchev–Trinajstić information content (AvgIpc) is 2.71. The van der Waals surface area contributed by atoms with Gasteiger partial charge in [-0.3, -0.25) is 9.69 Å². The van der Waals surface area contributed by atoms with E-state index in [1.165, 1.54) is 0 Å². The van der Waals surface area contributed by atoms with E-state index in [1.807, 2.05) is 37.3 Å². The number of benzene rings is 2. The van der Waals surface area contributed by atoms with E-state index in [0.29, 0.717) is 6.54 Å². The lowest BCUT2D eigenvalue weighted by molar-refractivity contribution is 0.132. The van der Waals surface area contributed by atoms with Gasteiger partial charge in [-0.05, 0) is 31.2 Å². The van der Waals surface area contributed by atoms with Crippen LogP contribution in [0, 0.1) is 6.92 Å². The molecule has 0 saturated carbocycles. The molecule has 0 amide bonds. The van der Waals surface area contributed by atoms with Crippen LogP contribution in [0.1, 0.15) is 18.1 Å². The number of rotatable bonds is 4. The number of nitrogens with one attached hydrogen (secondary N) is 1. The van der Waals surface area contributed by atoms with E-state index < -0.39 is 0 Å². The molecule has 4 nitrogen and oxygen atoms in total. The molecule has 0 bridgehead atoms. The van der Waals surface area contributed by atoms with Crippen molar-refractivity contribution in [3.8, 4) is 11.3 Å². The fourth-order valence-corrected chi connectivity index (χ4v) is 3.93. The highest BCUT2D eigenvalue weighted by Gasteiger charge is 2.20. The van der Waals surface area contributed by atoms with Crippen molar-refractivity contribution in [3.05, 3.63) is 69.9 Å². The molecule has 1 fully saturated rings. The standard InChI is InChI=1S/C23H27N3O/c1-3-25-11-13-26(14-12-25)16-20-22(18-7-5-4-6-8-18)24-21-10-9-17(2)15-19(21)23(20)27/h4-10,15H,3,11-14,16H2,1-2H3,(H,24,27). The highest BCUT2D eigenvalue weighted by molar-refractivity contribution is 5.83. The van der Waals surface area contributed by atoms with E-state index in [0.717, 1.165) is 66.0 Å². The van der Waals surface area contributed by atoms with Crippen molar-refractivity contribution < 1.29 is 0 Å². The lowest BCUT2D eigenvalue weighted by Gasteiger charge is -2.34. The Morgan fingerprint density at radius 3 is 2.37 bits per heavy atom. The fraction of sp³-hybridized carbons (Fsp3) is 0.348. The van der Waals surface area contributed by atoms with Crippen LogP contribution in [0.4, 0.5) is 0 Å². The largest absolute Gasteiger partial charge is 0.354 e. The van der Waals surface area contributed by atoms with Crippen molar-refractivity contribution in [1.82, 2.24) is 14.8 Å². The van der Waals surface area contributed by atoms with Crippen molar-refractivity contribution in [2.45, 2.75) is 20.4 Å². The van der Waals surface area contributed by atoms with Gasteiger partial charge in [0.1, 0.15) is 0 Å². The summed E-state index contributed by atoms with van der Waals surface area (Å²) in [6.07, 6.45) is 0. The first kappa shape index (κ1) is 18.0. The first-order chi connectivity index (χ1) is 13.2. The number of piperazine rings is 1. The van der Waals surface area contributed by atoms with E-state index in [-0.39, 0.29) is 5.43 Å². The Kier molecular flexibility index (Phi) is 5.10. The molecule has 4 heteroatoms. The molecule has 1 aromatic heterocycles. The van der Waals surface area contributed by atoms with Crippen molar-refractivity contribution in [1.29, 1.82) is 0 Å². The molecule has 27 heavy (non-hydrogen) atoms. The van der Waals surface area contributed by atoms with Gasteiger partial charge in [-0.15, -0.1) is 0 Å². The van der Waals surface area contributed by atoms with Gasteiger partial charge in [0.25, 0.3) is 0 Å². The molecule has 0 aliphatic carbocycles. The van der Waals surface area contributed by atoms with Crippen LogP contribution >= 0.6 is 0 Å². The molecule has 0 spiro atoms. The first-order valence-electron chi connectivity index (χ1n) is 9.81. The summed E-state index contributed by atoms with van der Waals surface area (Å²) in [7, 11) is 0. The Morgan fingerprint density at radius 1 is 0.963 bits per heavy atom. The molecular weight excluding hydrogens is 334 g/mol. The van der Waals surface area contributed by atoms with Gasteiger partial charge < -0.3 is 9.88 Å². The summed E-state index contributed by atoms with van der Waals surface area (Å²) in [5, 5.41) is 0.789. The van der Waals surface area contributed by atoms with Crippen molar-refractivity contribution >= 4 is 10.9 Å². The van der Waals surface area contributed by atoms with E-state index in [4.69, 9.17) is 0 Å². The summed E-state index contributed by atoms with van der Waals surface area (Å²) < 4.78 is 0. The van der Waals surface area contributed by atoms with Gasteiger partial charge >= 0.3 is 0 Å². The number of likely N-dealkylation sites (N-methyl/N-ethyl adjacent to an activating group) is 1. The summed E-state index contributed by atoms with van der Waals surface area (Å²) in [5.41, 5.74) is 5.08. The maximum Gasteiger partial charge on any atom is 0.194 e. The van der Waals surface area contributed by atoms with Gasteiger partial charge in [0.15, 0.2) is 5.43 Å². The molecule has 2 aromatic carbocycles. The van der Waals surface area contributed by atoms with E-state index in [1.54, 1.807) is 0 Å². The number of pyridine rings is 1. The van der Waals surface area contributed by atoms with E-state index in [9.17, 15) is 4.79 Å². The van der Waals surface area contributed by atoms with E-state index >= 15 is 0 Å². The number of aromatic nitrogens is 1. The van der Waals surface area contributed by atoms with Gasteiger partial charge in [0.05, 0.1) is 5.69 Å². The topological polar surface area (TPSA) is 39.3 Å². The molecule has 140 valence electrons. The van der Waals surface area contributed by atoms with Crippen LogP contribution in [0.25, 0.3) is 22.2 Å². The van der Waals surface area contributed by atoms with Crippen LogP contribution in [0.3, 0.4) is 0 Å². The summed E-state index contributed by atoms with van der Waals surface area (Å²) >= 11 is 0. The van der Waals surface area contributed by atoms with Crippen LogP contribution < -0.4 is 5.43 Å². The van der Waals surface area contributed by atoms with E-state index in [2.05, 4.69) is 39.9 Å². The zero-order valence-corrected chi connectivity index (χ0v) is 16.2. The zero-order valence-electron chi connectivity index (χ0n) is 16.2. The molecule has 0 radical (unpaired) electrons. The second-order valence-corrected chi connectivity index (χ2v) is 7.43. The summed E-state index contributed by atoms with van der Waals surface area (Å²) in [6.45, 7) is 10.2. The number of hydrogen-bond donors (Lipinski definition) is 1. The molecule has 1 N–H and O–H groups in total. The lowest BCUT2D eigenvalue weighted by Crippen LogP contribution is -2.46. The lowest BCUT2D eigenvalue weighted by atomic mass is 10.0. The van der Waals surface area contributed by atoms with Crippen molar-refractivity contribution in [2.24, 2.45) is 0 Å². The minimum absolute atomic E-state index is 0.157. The maximum absolute atomic E-state index is 13.4. The minimum atomic E-state index is 0.157. The molecule has 1 saturated heterocycles. The summed E-state index contributed by atoms with van der Waals surface area (Å²) in [6, 6.07) is 16.3. The predicted molar refractivity (Wildman–Crippen MR) is 112 cm³/mol. The number of hydrogen-bond acceptors (Lipinski definition) is 3. The number of nitrogens with zero attached hydrogens (tertiary/aromatic N) is 2. The third kappa shape index (κ3) is 3.68. The van der Waals surface area contributed by atoms with Crippen molar-refractivity contribution in [2.75, 3.05) is 32.7 Å². The Labute approximate surface area is 160 Å². The quantitative estimate of drug-likeness (QED) is 0.771. The SMILES string of the molecule is CCN1CCN(Cc2c(-c3ccccc3)[nH]c3ccc(C)cc3c2=O)CC1. The fourth-order valence-electron chi connectivity index (χ4n) is 3.93. The third-order valence-corrected chi connectivity index (χ3v) is 5.61. The van der Waals surface area contributed by atoms with Gasteiger partial charge in [0.2, 0.25) is 0 Å². The second-order valence-electron chi connectivity index (χ2n) is 7.43. The molecule has 3 aromatic rings. The Balaban J connectivity index is 1.79. The Hall–Kier alpha value is -2.43. The molecule has 0 atom stereocenters. The molecule has 2 heterocycles. The molecule has 4 rings (SSSR count). The van der Waals surface area contributed by atoms with Gasteiger partial charge in [-0.2, -0.15) is 0 Å².